The number of ketones is 1. The molecule has 0 unspecified atom stereocenters. The molecule has 2 heteroatoms. The second-order valence-corrected chi connectivity index (χ2v) is 6.86. The van der Waals surface area contributed by atoms with Gasteiger partial charge in [0.1, 0.15) is 0 Å². The molecule has 0 bridgehead atoms. The van der Waals surface area contributed by atoms with E-state index in [1.165, 1.54) is 5.56 Å². The summed E-state index contributed by atoms with van der Waals surface area (Å²) in [6.07, 6.45) is 0. The Kier molecular flexibility index (Phi) is 3.51. The highest BCUT2D eigenvalue weighted by Crippen LogP contribution is 2.28. The number of hydrogen-bond donors (Lipinski definition) is 0. The maximum absolute atomic E-state index is 13.4. The molecule has 0 amide bonds. The minimum atomic E-state index is 0.0110. The number of pyridine rings is 1. The smallest absolute Gasteiger partial charge is 0.195 e. The van der Waals surface area contributed by atoms with E-state index in [0.717, 1.165) is 32.6 Å². The molecule has 5 rings (SSSR count). The molecule has 2 nitrogen and oxygen atoms in total. The number of rotatable bonds is 2. The van der Waals surface area contributed by atoms with Crippen LogP contribution < -0.4 is 0 Å². The van der Waals surface area contributed by atoms with Gasteiger partial charge in [-0.25, -0.2) is 4.98 Å². The van der Waals surface area contributed by atoms with Gasteiger partial charge in [-0.15, -0.1) is 0 Å². The first-order valence-electron chi connectivity index (χ1n) is 9.04. The summed E-state index contributed by atoms with van der Waals surface area (Å²) in [5.41, 5.74) is 4.22. The van der Waals surface area contributed by atoms with Gasteiger partial charge < -0.3 is 0 Å². The second kappa shape index (κ2) is 6.03. The lowest BCUT2D eigenvalue weighted by Gasteiger charge is -2.10. The number of aryl methyl sites for hydroxylation is 1. The highest BCUT2D eigenvalue weighted by molar-refractivity contribution is 6.21. The van der Waals surface area contributed by atoms with E-state index >= 15 is 0 Å². The van der Waals surface area contributed by atoms with E-state index in [0.29, 0.717) is 11.1 Å². The molecular weight excluding hydrogens is 330 g/mol. The number of fused-ring (bicyclic) bond motifs is 3. The lowest BCUT2D eigenvalue weighted by Crippen LogP contribution is -2.04. The van der Waals surface area contributed by atoms with Crippen LogP contribution in [0.3, 0.4) is 0 Å². The molecule has 27 heavy (non-hydrogen) atoms. The molecule has 0 aliphatic rings. The molecule has 0 aliphatic heterocycles. The van der Waals surface area contributed by atoms with Gasteiger partial charge in [0.15, 0.2) is 5.78 Å². The number of carbonyl (C=O) groups is 1. The van der Waals surface area contributed by atoms with E-state index in [4.69, 9.17) is 4.98 Å². The van der Waals surface area contributed by atoms with Crippen LogP contribution in [0.2, 0.25) is 0 Å². The predicted octanol–water partition coefficient (Wildman–Crippen LogP) is 6.08. The Morgan fingerprint density at radius 2 is 1.41 bits per heavy atom. The van der Waals surface area contributed by atoms with Crippen molar-refractivity contribution in [1.82, 2.24) is 4.98 Å². The molecule has 0 aliphatic carbocycles. The molecule has 0 radical (unpaired) electrons. The van der Waals surface area contributed by atoms with Crippen LogP contribution in [0.25, 0.3) is 32.6 Å². The van der Waals surface area contributed by atoms with E-state index in [2.05, 4.69) is 19.1 Å². The molecule has 1 aromatic heterocycles. The molecule has 5 aromatic rings. The third-order valence-corrected chi connectivity index (χ3v) is 5.18. The van der Waals surface area contributed by atoms with Crippen molar-refractivity contribution in [3.8, 4) is 0 Å². The summed E-state index contributed by atoms with van der Waals surface area (Å²) in [4.78, 5) is 18.3. The van der Waals surface area contributed by atoms with E-state index in [-0.39, 0.29) is 5.78 Å². The zero-order chi connectivity index (χ0) is 18.4. The van der Waals surface area contributed by atoms with E-state index in [1.54, 1.807) is 0 Å². The number of hydrogen-bond acceptors (Lipinski definition) is 2. The fraction of sp³-hybridized carbons (Fsp3) is 0.0400. The average Bonchev–Trinajstić information content (AvgIpc) is 2.71. The monoisotopic (exact) mass is 347 g/mol. The summed E-state index contributed by atoms with van der Waals surface area (Å²) < 4.78 is 0. The predicted molar refractivity (Wildman–Crippen MR) is 111 cm³/mol. The number of carbonyl (C=O) groups excluding carboxylic acids is 1. The van der Waals surface area contributed by atoms with Crippen molar-refractivity contribution in [1.29, 1.82) is 0 Å². The fourth-order valence-electron chi connectivity index (χ4n) is 3.78. The van der Waals surface area contributed by atoms with Crippen molar-refractivity contribution in [2.75, 3.05) is 0 Å². The summed E-state index contributed by atoms with van der Waals surface area (Å²) >= 11 is 0. The van der Waals surface area contributed by atoms with Crippen LogP contribution in [-0.2, 0) is 0 Å². The van der Waals surface area contributed by atoms with Crippen molar-refractivity contribution < 1.29 is 4.79 Å². The number of benzene rings is 4. The lowest BCUT2D eigenvalue weighted by molar-refractivity contribution is 0.104. The van der Waals surface area contributed by atoms with Crippen LogP contribution in [0.1, 0.15) is 21.5 Å². The van der Waals surface area contributed by atoms with Crippen LogP contribution in [0.4, 0.5) is 0 Å². The van der Waals surface area contributed by atoms with E-state index < -0.39 is 0 Å². The van der Waals surface area contributed by atoms with Gasteiger partial charge in [-0.05, 0) is 41.5 Å². The topological polar surface area (TPSA) is 30.0 Å². The van der Waals surface area contributed by atoms with Gasteiger partial charge in [0.25, 0.3) is 0 Å². The Morgan fingerprint density at radius 1 is 0.704 bits per heavy atom. The van der Waals surface area contributed by atoms with Gasteiger partial charge in [0.05, 0.1) is 11.0 Å². The minimum absolute atomic E-state index is 0.0110. The quantitative estimate of drug-likeness (QED) is 0.286. The summed E-state index contributed by atoms with van der Waals surface area (Å²) in [7, 11) is 0. The van der Waals surface area contributed by atoms with Crippen LogP contribution in [0.5, 0.6) is 0 Å². The van der Waals surface area contributed by atoms with Crippen molar-refractivity contribution >= 4 is 38.4 Å². The summed E-state index contributed by atoms with van der Waals surface area (Å²) in [5, 5.41) is 4.15. The Labute approximate surface area is 157 Å². The molecule has 128 valence electrons. The van der Waals surface area contributed by atoms with Crippen LogP contribution in [0.15, 0.2) is 84.9 Å². The molecule has 0 saturated carbocycles. The molecule has 4 aromatic carbocycles. The Morgan fingerprint density at radius 3 is 2.30 bits per heavy atom. The van der Waals surface area contributed by atoms with Crippen molar-refractivity contribution in [3.05, 3.63) is 102 Å². The Bertz CT molecular complexity index is 1350. The maximum atomic E-state index is 13.4. The minimum Gasteiger partial charge on any atom is -0.289 e. The normalized spacial score (nSPS) is 11.3. The molecule has 0 atom stereocenters. The molecule has 0 N–H and O–H groups in total. The fourth-order valence-corrected chi connectivity index (χ4v) is 3.78. The molecule has 0 saturated heterocycles. The van der Waals surface area contributed by atoms with Gasteiger partial charge in [-0.1, -0.05) is 66.7 Å². The summed E-state index contributed by atoms with van der Waals surface area (Å²) in [5.74, 6) is 0.0110. The van der Waals surface area contributed by atoms with E-state index in [9.17, 15) is 4.79 Å². The van der Waals surface area contributed by atoms with Crippen LogP contribution in [-0.4, -0.2) is 10.8 Å². The van der Waals surface area contributed by atoms with Crippen LogP contribution in [0, 0.1) is 6.92 Å². The van der Waals surface area contributed by atoms with Crippen molar-refractivity contribution in [2.24, 2.45) is 0 Å². The number of aromatic nitrogens is 1. The largest absolute Gasteiger partial charge is 0.289 e. The first-order chi connectivity index (χ1) is 13.2. The zero-order valence-electron chi connectivity index (χ0n) is 14.9. The average molecular weight is 347 g/mol. The lowest BCUT2D eigenvalue weighted by atomic mass is 9.95. The first-order valence-corrected chi connectivity index (χ1v) is 9.04. The Balaban J connectivity index is 1.78. The number of para-hydroxylation sites is 1. The first kappa shape index (κ1) is 15.7. The van der Waals surface area contributed by atoms with Gasteiger partial charge in [0, 0.05) is 21.9 Å². The van der Waals surface area contributed by atoms with Gasteiger partial charge >= 0.3 is 0 Å². The zero-order valence-corrected chi connectivity index (χ0v) is 14.9. The van der Waals surface area contributed by atoms with Gasteiger partial charge in [-0.3, -0.25) is 4.79 Å². The molecule has 0 spiro atoms. The van der Waals surface area contributed by atoms with Crippen molar-refractivity contribution in [2.45, 2.75) is 6.92 Å². The van der Waals surface area contributed by atoms with Gasteiger partial charge in [0.2, 0.25) is 0 Å². The third-order valence-electron chi connectivity index (χ3n) is 5.18. The highest BCUT2D eigenvalue weighted by atomic mass is 16.1. The number of nitrogens with zero attached hydrogens (tertiary/aromatic N) is 1. The third kappa shape index (κ3) is 2.49. The summed E-state index contributed by atoms with van der Waals surface area (Å²) in [6.45, 7) is 2.08. The SMILES string of the molecule is Cc1cccc2nc3c(C(=O)c4cccc5ccccc45)cccc3cc12. The standard InChI is InChI=1S/C25H17NO/c1-16-7-4-14-23-22(16)15-18-10-6-13-21(24(18)26-23)25(27)20-12-5-9-17-8-2-3-11-19(17)20/h2-15H,1H3. The van der Waals surface area contributed by atoms with Crippen LogP contribution >= 0.6 is 0 Å². The molecular formula is C25H17NO. The van der Waals surface area contributed by atoms with Gasteiger partial charge in [-0.2, -0.15) is 0 Å². The van der Waals surface area contributed by atoms with E-state index in [1.807, 2.05) is 72.8 Å². The molecule has 0 fully saturated rings. The molecule has 1 heterocycles. The second-order valence-electron chi connectivity index (χ2n) is 6.86. The Hall–Kier alpha value is -3.52. The maximum Gasteiger partial charge on any atom is 0.195 e. The summed E-state index contributed by atoms with van der Waals surface area (Å²) in [6, 6.07) is 27.9. The highest BCUT2D eigenvalue weighted by Gasteiger charge is 2.16. The van der Waals surface area contributed by atoms with Crippen molar-refractivity contribution in [3.63, 3.8) is 0 Å².